The summed E-state index contributed by atoms with van der Waals surface area (Å²) in [5.74, 6) is 1.25. The standard InChI is InChI=1S/C13H18O3/c1-3-8(2)12-11(15)7-10(14)9-5-4-6-16-13(9)12/h7-8,14-15H,3-6H2,1-2H3/t8-/m1/s1. The monoisotopic (exact) mass is 222 g/mol. The summed E-state index contributed by atoms with van der Waals surface area (Å²) in [6, 6.07) is 1.44. The molecule has 1 heterocycles. The third-order valence-corrected chi connectivity index (χ3v) is 3.30. The molecule has 88 valence electrons. The van der Waals surface area contributed by atoms with Crippen molar-refractivity contribution in [3.8, 4) is 17.2 Å². The Morgan fingerprint density at radius 1 is 1.38 bits per heavy atom. The van der Waals surface area contributed by atoms with Crippen LogP contribution in [0, 0.1) is 0 Å². The molecule has 16 heavy (non-hydrogen) atoms. The van der Waals surface area contributed by atoms with E-state index in [-0.39, 0.29) is 17.4 Å². The summed E-state index contributed by atoms with van der Waals surface area (Å²) >= 11 is 0. The highest BCUT2D eigenvalue weighted by Gasteiger charge is 2.24. The van der Waals surface area contributed by atoms with Gasteiger partial charge in [-0.1, -0.05) is 13.8 Å². The Kier molecular flexibility index (Phi) is 2.95. The summed E-state index contributed by atoms with van der Waals surface area (Å²) < 4.78 is 5.62. The van der Waals surface area contributed by atoms with E-state index in [2.05, 4.69) is 13.8 Å². The van der Waals surface area contributed by atoms with Crippen molar-refractivity contribution in [2.45, 2.75) is 39.0 Å². The number of fused-ring (bicyclic) bond motifs is 1. The van der Waals surface area contributed by atoms with Crippen LogP contribution in [0.5, 0.6) is 17.2 Å². The van der Waals surface area contributed by atoms with Crippen molar-refractivity contribution in [3.05, 3.63) is 17.2 Å². The first-order valence-corrected chi connectivity index (χ1v) is 5.85. The number of hydrogen-bond acceptors (Lipinski definition) is 3. The van der Waals surface area contributed by atoms with E-state index >= 15 is 0 Å². The average Bonchev–Trinajstić information content (AvgIpc) is 2.28. The Morgan fingerprint density at radius 2 is 2.12 bits per heavy atom. The largest absolute Gasteiger partial charge is 0.507 e. The molecule has 0 unspecified atom stereocenters. The Morgan fingerprint density at radius 3 is 2.81 bits per heavy atom. The maximum absolute atomic E-state index is 9.91. The molecule has 1 aliphatic rings. The smallest absolute Gasteiger partial charge is 0.133 e. The number of aromatic hydroxyl groups is 2. The maximum Gasteiger partial charge on any atom is 0.133 e. The molecule has 1 aromatic carbocycles. The number of phenolic OH excluding ortho intramolecular Hbond substituents is 2. The zero-order valence-corrected chi connectivity index (χ0v) is 9.79. The third-order valence-electron chi connectivity index (χ3n) is 3.30. The first-order valence-electron chi connectivity index (χ1n) is 5.85. The highest BCUT2D eigenvalue weighted by atomic mass is 16.5. The lowest BCUT2D eigenvalue weighted by Gasteiger charge is -2.24. The average molecular weight is 222 g/mol. The first-order chi connectivity index (χ1) is 7.65. The molecule has 0 saturated heterocycles. The van der Waals surface area contributed by atoms with Gasteiger partial charge in [-0.15, -0.1) is 0 Å². The minimum absolute atomic E-state index is 0.146. The van der Waals surface area contributed by atoms with Gasteiger partial charge in [0.15, 0.2) is 0 Å². The second-order valence-electron chi connectivity index (χ2n) is 4.40. The van der Waals surface area contributed by atoms with E-state index in [4.69, 9.17) is 4.74 Å². The van der Waals surface area contributed by atoms with Crippen LogP contribution in [0.15, 0.2) is 6.07 Å². The summed E-state index contributed by atoms with van der Waals surface area (Å²) in [6.07, 6.45) is 2.68. The first kappa shape index (κ1) is 11.1. The molecule has 0 saturated carbocycles. The van der Waals surface area contributed by atoms with Crippen molar-refractivity contribution in [2.75, 3.05) is 6.61 Å². The van der Waals surface area contributed by atoms with E-state index in [1.165, 1.54) is 6.07 Å². The van der Waals surface area contributed by atoms with Crippen molar-refractivity contribution in [2.24, 2.45) is 0 Å². The van der Waals surface area contributed by atoms with Gasteiger partial charge in [-0.05, 0) is 25.2 Å². The molecule has 0 aromatic heterocycles. The van der Waals surface area contributed by atoms with Gasteiger partial charge in [0.25, 0.3) is 0 Å². The van der Waals surface area contributed by atoms with Crippen LogP contribution in [0.25, 0.3) is 0 Å². The maximum atomic E-state index is 9.91. The van der Waals surface area contributed by atoms with Gasteiger partial charge >= 0.3 is 0 Å². The quantitative estimate of drug-likeness (QED) is 0.808. The molecule has 3 heteroatoms. The molecule has 1 aliphatic heterocycles. The summed E-state index contributed by atoms with van der Waals surface area (Å²) in [6.45, 7) is 4.80. The van der Waals surface area contributed by atoms with Crippen LogP contribution in [0.4, 0.5) is 0 Å². The molecule has 0 aliphatic carbocycles. The van der Waals surface area contributed by atoms with Gasteiger partial charge in [-0.3, -0.25) is 0 Å². The number of phenols is 2. The summed E-state index contributed by atoms with van der Waals surface area (Å²) in [5, 5.41) is 19.7. The minimum atomic E-state index is 0.146. The van der Waals surface area contributed by atoms with E-state index in [0.717, 1.165) is 30.4 Å². The Labute approximate surface area is 95.7 Å². The lowest BCUT2D eigenvalue weighted by Crippen LogP contribution is -2.12. The van der Waals surface area contributed by atoms with Crippen LogP contribution in [0.2, 0.25) is 0 Å². The third kappa shape index (κ3) is 1.70. The van der Waals surface area contributed by atoms with E-state index in [9.17, 15) is 10.2 Å². The van der Waals surface area contributed by atoms with Crippen molar-refractivity contribution in [1.82, 2.24) is 0 Å². The molecule has 0 fully saturated rings. The Bertz CT molecular complexity index is 399. The van der Waals surface area contributed by atoms with E-state index in [0.29, 0.717) is 12.4 Å². The van der Waals surface area contributed by atoms with Gasteiger partial charge in [0, 0.05) is 17.2 Å². The fourth-order valence-electron chi connectivity index (χ4n) is 2.20. The highest BCUT2D eigenvalue weighted by molar-refractivity contribution is 5.58. The predicted molar refractivity (Wildman–Crippen MR) is 62.3 cm³/mol. The predicted octanol–water partition coefficient (Wildman–Crippen LogP) is 2.94. The molecular weight excluding hydrogens is 204 g/mol. The molecule has 0 spiro atoms. The second kappa shape index (κ2) is 4.24. The van der Waals surface area contributed by atoms with Crippen LogP contribution < -0.4 is 4.74 Å². The molecule has 2 N–H and O–H groups in total. The molecular formula is C13H18O3. The molecule has 3 nitrogen and oxygen atoms in total. The zero-order chi connectivity index (χ0) is 11.7. The van der Waals surface area contributed by atoms with Crippen molar-refractivity contribution in [3.63, 3.8) is 0 Å². The molecule has 1 aromatic rings. The lowest BCUT2D eigenvalue weighted by molar-refractivity contribution is 0.275. The summed E-state index contributed by atoms with van der Waals surface area (Å²) in [4.78, 5) is 0. The van der Waals surface area contributed by atoms with E-state index < -0.39 is 0 Å². The number of hydrogen-bond donors (Lipinski definition) is 2. The molecule has 0 radical (unpaired) electrons. The van der Waals surface area contributed by atoms with Crippen LogP contribution >= 0.6 is 0 Å². The van der Waals surface area contributed by atoms with Crippen LogP contribution in [0.3, 0.4) is 0 Å². The summed E-state index contributed by atoms with van der Waals surface area (Å²) in [5.41, 5.74) is 1.69. The van der Waals surface area contributed by atoms with Crippen molar-refractivity contribution >= 4 is 0 Å². The van der Waals surface area contributed by atoms with Crippen LogP contribution in [-0.2, 0) is 6.42 Å². The topological polar surface area (TPSA) is 49.7 Å². The van der Waals surface area contributed by atoms with Gasteiger partial charge in [0.1, 0.15) is 17.2 Å². The zero-order valence-electron chi connectivity index (χ0n) is 9.79. The minimum Gasteiger partial charge on any atom is -0.507 e. The van der Waals surface area contributed by atoms with Gasteiger partial charge in [0.2, 0.25) is 0 Å². The van der Waals surface area contributed by atoms with Crippen molar-refractivity contribution < 1.29 is 14.9 Å². The van der Waals surface area contributed by atoms with Crippen LogP contribution in [0.1, 0.15) is 43.7 Å². The normalized spacial score (nSPS) is 16.4. The van der Waals surface area contributed by atoms with Crippen molar-refractivity contribution in [1.29, 1.82) is 0 Å². The molecule has 1 atom stereocenters. The molecule has 0 amide bonds. The van der Waals surface area contributed by atoms with Gasteiger partial charge in [-0.2, -0.15) is 0 Å². The number of benzene rings is 1. The fraction of sp³-hybridized carbons (Fsp3) is 0.538. The van der Waals surface area contributed by atoms with E-state index in [1.54, 1.807) is 0 Å². The van der Waals surface area contributed by atoms with Gasteiger partial charge in [-0.25, -0.2) is 0 Å². The van der Waals surface area contributed by atoms with Gasteiger partial charge < -0.3 is 14.9 Å². The van der Waals surface area contributed by atoms with Gasteiger partial charge in [0.05, 0.1) is 6.61 Å². The number of rotatable bonds is 2. The van der Waals surface area contributed by atoms with Crippen LogP contribution in [-0.4, -0.2) is 16.8 Å². The Balaban J connectivity index is 2.58. The Hall–Kier alpha value is -1.38. The van der Waals surface area contributed by atoms with E-state index in [1.807, 2.05) is 0 Å². The number of ether oxygens (including phenoxy) is 1. The lowest BCUT2D eigenvalue weighted by atomic mass is 9.91. The summed E-state index contributed by atoms with van der Waals surface area (Å²) in [7, 11) is 0. The fourth-order valence-corrected chi connectivity index (χ4v) is 2.20. The second-order valence-corrected chi connectivity index (χ2v) is 4.40. The molecule has 0 bridgehead atoms. The highest BCUT2D eigenvalue weighted by Crippen LogP contribution is 2.45. The molecule has 2 rings (SSSR count). The SMILES string of the molecule is CC[C@@H](C)c1c(O)cc(O)c2c1OCCC2.